The number of rotatable bonds is 6. The smallest absolute Gasteiger partial charge is 0.256 e. The summed E-state index contributed by atoms with van der Waals surface area (Å²) in [7, 11) is -3.62. The van der Waals surface area contributed by atoms with Gasteiger partial charge in [-0.15, -0.1) is 0 Å². The molecule has 0 spiro atoms. The number of sulfonamides is 1. The fourth-order valence-corrected chi connectivity index (χ4v) is 5.99. The molecule has 15 heteroatoms. The summed E-state index contributed by atoms with van der Waals surface area (Å²) < 4.78 is 27.9. The van der Waals surface area contributed by atoms with Crippen LogP contribution in [0.2, 0.25) is 5.02 Å². The Morgan fingerprint density at radius 1 is 1.28 bits per heavy atom. The minimum Gasteiger partial charge on any atom is -0.391 e. The van der Waals surface area contributed by atoms with Gasteiger partial charge in [-0.25, -0.2) is 17.9 Å². The summed E-state index contributed by atoms with van der Waals surface area (Å²) in [6, 6.07) is 5.42. The minimum atomic E-state index is -3.62. The second-order valence-electron chi connectivity index (χ2n) is 9.94. The molecule has 5 rings (SSSR count). The second kappa shape index (κ2) is 10.5. The van der Waals surface area contributed by atoms with Crippen molar-refractivity contribution >= 4 is 44.7 Å². The lowest BCUT2D eigenvalue weighted by molar-refractivity contribution is 0.0607. The maximum Gasteiger partial charge on any atom is 0.256 e. The molecule has 0 saturated carbocycles. The Hall–Kier alpha value is -3.58. The number of aliphatic hydroxyl groups is 1. The quantitative estimate of drug-likeness (QED) is 0.259. The Morgan fingerprint density at radius 2 is 2.08 bits per heavy atom. The van der Waals surface area contributed by atoms with Gasteiger partial charge in [-0.2, -0.15) is 5.10 Å². The Morgan fingerprint density at radius 3 is 2.82 bits per heavy atom. The van der Waals surface area contributed by atoms with E-state index in [1.54, 1.807) is 9.42 Å². The van der Waals surface area contributed by atoms with Crippen LogP contribution in [0.4, 0.5) is 11.5 Å². The highest BCUT2D eigenvalue weighted by atomic mass is 35.5. The van der Waals surface area contributed by atoms with Gasteiger partial charge in [0.05, 0.1) is 41.4 Å². The van der Waals surface area contributed by atoms with E-state index in [0.29, 0.717) is 48.2 Å². The number of β-amino-alcohol motifs (C(OH)–C–C–N with tert-alkyl or cyclic N) is 1. The highest BCUT2D eigenvalue weighted by Crippen LogP contribution is 2.34. The molecule has 2 N–H and O–H groups in total. The zero-order chi connectivity index (χ0) is 27.9. The van der Waals surface area contributed by atoms with Gasteiger partial charge in [0.25, 0.3) is 5.91 Å². The van der Waals surface area contributed by atoms with Crippen LogP contribution in [0.3, 0.4) is 0 Å². The van der Waals surface area contributed by atoms with Crippen molar-refractivity contribution in [1.82, 2.24) is 19.5 Å². The molecule has 0 aliphatic carbocycles. The van der Waals surface area contributed by atoms with Crippen molar-refractivity contribution < 1.29 is 18.3 Å². The maximum absolute atomic E-state index is 13.8. The third kappa shape index (κ3) is 5.59. The van der Waals surface area contributed by atoms with E-state index in [1.807, 2.05) is 24.1 Å². The highest BCUT2D eigenvalue weighted by Gasteiger charge is 2.34. The first kappa shape index (κ1) is 27.0. The molecule has 3 aromatic rings. The van der Waals surface area contributed by atoms with Crippen LogP contribution < -0.4 is 9.62 Å². The topological polar surface area (TPSA) is 169 Å². The van der Waals surface area contributed by atoms with E-state index in [-0.39, 0.29) is 23.2 Å². The van der Waals surface area contributed by atoms with E-state index >= 15 is 0 Å². The van der Waals surface area contributed by atoms with Crippen molar-refractivity contribution in [2.24, 2.45) is 5.11 Å². The average Bonchev–Trinajstić information content (AvgIpc) is 3.46. The van der Waals surface area contributed by atoms with Gasteiger partial charge in [0.15, 0.2) is 5.65 Å². The number of halogens is 1. The summed E-state index contributed by atoms with van der Waals surface area (Å²) in [5, 5.41) is 19.0. The van der Waals surface area contributed by atoms with Crippen LogP contribution in [0, 0.1) is 6.92 Å². The van der Waals surface area contributed by atoms with Crippen LogP contribution in [-0.2, 0) is 10.0 Å². The molecule has 0 bridgehead atoms. The number of anilines is 2. The van der Waals surface area contributed by atoms with Crippen LogP contribution in [0.5, 0.6) is 0 Å². The molecule has 4 heterocycles. The number of aromatic nitrogens is 3. The molecule has 2 fully saturated rings. The van der Waals surface area contributed by atoms with Crippen LogP contribution in [0.25, 0.3) is 16.1 Å². The fraction of sp³-hybridized carbons (Fsp3) is 0.458. The number of aryl methyl sites for hydroxylation is 1. The van der Waals surface area contributed by atoms with Gasteiger partial charge in [-0.1, -0.05) is 16.7 Å². The number of fused-ring (bicyclic) bond motifs is 1. The van der Waals surface area contributed by atoms with Gasteiger partial charge in [0, 0.05) is 47.4 Å². The SMILES string of the molecule is Cc1cn2nc([C@@H]3CCCCN3C(=O)c3cc(Cl)ccc3NS(C)(=O)=O)cc2nc1N1C[C@@H](O)[C@H](N=[N+]=[N-])C1. The zero-order valence-corrected chi connectivity index (χ0v) is 23.0. The summed E-state index contributed by atoms with van der Waals surface area (Å²) in [4.78, 5) is 25.0. The van der Waals surface area contributed by atoms with Crippen LogP contribution in [0.1, 0.15) is 46.9 Å². The number of nitrogens with one attached hydrogen (secondary N) is 1. The number of benzene rings is 1. The van der Waals surface area contributed by atoms with Crippen molar-refractivity contribution in [2.75, 3.05) is 35.5 Å². The third-order valence-electron chi connectivity index (χ3n) is 6.99. The molecule has 0 radical (unpaired) electrons. The number of nitrogens with zero attached hydrogens (tertiary/aromatic N) is 8. The number of azide groups is 1. The number of aliphatic hydroxyl groups excluding tert-OH is 1. The lowest BCUT2D eigenvalue weighted by Gasteiger charge is -2.35. The maximum atomic E-state index is 13.8. The Labute approximate surface area is 230 Å². The van der Waals surface area contributed by atoms with Crippen molar-refractivity contribution in [1.29, 1.82) is 0 Å². The average molecular weight is 574 g/mol. The number of hydrogen-bond acceptors (Lipinski definition) is 8. The third-order valence-corrected chi connectivity index (χ3v) is 7.82. The predicted molar refractivity (Wildman–Crippen MR) is 146 cm³/mol. The number of carbonyl (C=O) groups excluding carboxylic acids is 1. The lowest BCUT2D eigenvalue weighted by Crippen LogP contribution is -2.39. The number of carbonyl (C=O) groups is 1. The van der Waals surface area contributed by atoms with E-state index in [0.717, 1.165) is 24.7 Å². The summed E-state index contributed by atoms with van der Waals surface area (Å²) in [6.45, 7) is 3.02. The van der Waals surface area contributed by atoms with Gasteiger partial charge >= 0.3 is 0 Å². The minimum absolute atomic E-state index is 0.167. The first-order valence-electron chi connectivity index (χ1n) is 12.5. The Bertz CT molecular complexity index is 1590. The summed E-state index contributed by atoms with van der Waals surface area (Å²) in [5.41, 5.74) is 11.2. The number of amides is 1. The van der Waals surface area contributed by atoms with E-state index in [1.165, 1.54) is 18.2 Å². The van der Waals surface area contributed by atoms with Gasteiger partial charge in [0.1, 0.15) is 5.82 Å². The van der Waals surface area contributed by atoms with Gasteiger partial charge in [-0.3, -0.25) is 9.52 Å². The van der Waals surface area contributed by atoms with Crippen molar-refractivity contribution in [3.05, 3.63) is 62.7 Å². The zero-order valence-electron chi connectivity index (χ0n) is 21.4. The van der Waals surface area contributed by atoms with Gasteiger partial charge < -0.3 is 14.9 Å². The molecule has 13 nitrogen and oxygen atoms in total. The van der Waals surface area contributed by atoms with E-state index in [4.69, 9.17) is 27.2 Å². The molecule has 2 aliphatic heterocycles. The summed E-state index contributed by atoms with van der Waals surface area (Å²) in [5.74, 6) is 0.320. The molecule has 39 heavy (non-hydrogen) atoms. The number of likely N-dealkylation sites (tertiary alicyclic amines) is 1. The molecule has 2 aromatic heterocycles. The molecule has 2 saturated heterocycles. The van der Waals surface area contributed by atoms with E-state index in [9.17, 15) is 18.3 Å². The standard InChI is InChI=1S/C24H28ClN9O4S/c1-14-11-34-22(27-23(14)32-12-19(28-31-26)21(35)13-32)10-18(29-34)20-5-3-4-8-33(20)24(36)16-9-15(25)6-7-17(16)30-39(2,37)38/h6-7,9-11,19-21,30,35H,3-5,8,12-13H2,1-2H3/t19-,20+,21-/m1/s1. The molecule has 1 amide bonds. The number of piperidine rings is 1. The van der Waals surface area contributed by atoms with Crippen LogP contribution >= 0.6 is 11.6 Å². The molecular formula is C24H28ClN9O4S. The highest BCUT2D eigenvalue weighted by molar-refractivity contribution is 7.92. The van der Waals surface area contributed by atoms with Crippen LogP contribution in [0.15, 0.2) is 35.6 Å². The lowest BCUT2D eigenvalue weighted by atomic mass is 9.98. The molecule has 3 atom stereocenters. The normalized spacial score (nSPS) is 21.7. The van der Waals surface area contributed by atoms with Crippen molar-refractivity contribution in [3.8, 4) is 0 Å². The monoisotopic (exact) mass is 573 g/mol. The van der Waals surface area contributed by atoms with E-state index < -0.39 is 22.2 Å². The first-order valence-corrected chi connectivity index (χ1v) is 14.7. The molecule has 206 valence electrons. The molecule has 2 aliphatic rings. The molecule has 0 unspecified atom stereocenters. The summed E-state index contributed by atoms with van der Waals surface area (Å²) >= 11 is 6.18. The van der Waals surface area contributed by atoms with Crippen molar-refractivity contribution in [3.63, 3.8) is 0 Å². The van der Waals surface area contributed by atoms with Crippen molar-refractivity contribution in [2.45, 2.75) is 44.4 Å². The van der Waals surface area contributed by atoms with Crippen LogP contribution in [-0.4, -0.2) is 77.0 Å². The molecule has 1 aromatic carbocycles. The Kier molecular flexibility index (Phi) is 7.29. The van der Waals surface area contributed by atoms with Gasteiger partial charge in [-0.05, 0) is 49.9 Å². The Balaban J connectivity index is 1.47. The summed E-state index contributed by atoms with van der Waals surface area (Å²) in [6.07, 6.45) is 4.47. The largest absolute Gasteiger partial charge is 0.391 e. The van der Waals surface area contributed by atoms with E-state index in [2.05, 4.69) is 14.7 Å². The fourth-order valence-electron chi connectivity index (χ4n) is 5.24. The predicted octanol–water partition coefficient (Wildman–Crippen LogP) is 3.29. The first-order chi connectivity index (χ1) is 18.5. The molecular weight excluding hydrogens is 546 g/mol. The second-order valence-corrected chi connectivity index (χ2v) is 12.1. The van der Waals surface area contributed by atoms with Gasteiger partial charge in [0.2, 0.25) is 10.0 Å². The number of hydrogen-bond donors (Lipinski definition) is 2.